The van der Waals surface area contributed by atoms with Crippen LogP contribution in [0.25, 0.3) is 0 Å². The summed E-state index contributed by atoms with van der Waals surface area (Å²) in [6.45, 7) is 2.87. The molecule has 1 aromatic rings. The Hall–Kier alpha value is -0.280. The first kappa shape index (κ1) is 15.1. The van der Waals surface area contributed by atoms with E-state index in [0.717, 1.165) is 18.9 Å². The zero-order chi connectivity index (χ0) is 13.8. The molecule has 4 heteroatoms. The smallest absolute Gasteiger partial charge is 0.0595 e. The average Bonchev–Trinajstić information content (AvgIpc) is 2.36. The normalized spacial score (nSPS) is 24.0. The first-order valence-electron chi connectivity index (χ1n) is 6.87. The highest BCUT2D eigenvalue weighted by Gasteiger charge is 2.31. The van der Waals surface area contributed by atoms with Gasteiger partial charge in [0.1, 0.15) is 0 Å². The summed E-state index contributed by atoms with van der Waals surface area (Å²) < 4.78 is 5.60. The van der Waals surface area contributed by atoms with Crippen LogP contribution >= 0.6 is 23.2 Å². The van der Waals surface area contributed by atoms with Crippen molar-refractivity contribution in [3.63, 3.8) is 0 Å². The fourth-order valence-electron chi connectivity index (χ4n) is 2.72. The standard InChI is InChI=1S/C15H21Cl2NO/c1-3-19-12-6-10(7-12)8-15(18-2)11-4-5-13(16)14(17)9-11/h4-5,9-10,12,15,18H,3,6-8H2,1-2H3. The van der Waals surface area contributed by atoms with Gasteiger partial charge in [-0.1, -0.05) is 29.3 Å². The number of rotatable bonds is 6. The molecule has 0 amide bonds. The molecule has 0 aromatic heterocycles. The van der Waals surface area contributed by atoms with Crippen LogP contribution < -0.4 is 5.32 Å². The van der Waals surface area contributed by atoms with E-state index in [0.29, 0.717) is 22.2 Å². The molecule has 0 radical (unpaired) electrons. The zero-order valence-electron chi connectivity index (χ0n) is 11.5. The summed E-state index contributed by atoms with van der Waals surface area (Å²) in [6.07, 6.45) is 3.94. The van der Waals surface area contributed by atoms with Crippen LogP contribution in [-0.4, -0.2) is 19.8 Å². The fourth-order valence-corrected chi connectivity index (χ4v) is 3.03. The van der Waals surface area contributed by atoms with E-state index in [1.54, 1.807) is 0 Å². The van der Waals surface area contributed by atoms with Gasteiger partial charge >= 0.3 is 0 Å². The number of hydrogen-bond donors (Lipinski definition) is 1. The minimum atomic E-state index is 0.336. The fraction of sp³-hybridized carbons (Fsp3) is 0.600. The van der Waals surface area contributed by atoms with Crippen molar-refractivity contribution in [1.29, 1.82) is 0 Å². The summed E-state index contributed by atoms with van der Waals surface area (Å²) in [5, 5.41) is 4.61. The van der Waals surface area contributed by atoms with Crippen molar-refractivity contribution < 1.29 is 4.74 Å². The van der Waals surface area contributed by atoms with Gasteiger partial charge in [0.15, 0.2) is 0 Å². The molecule has 1 atom stereocenters. The van der Waals surface area contributed by atoms with Gasteiger partial charge in [0.2, 0.25) is 0 Å². The number of hydrogen-bond acceptors (Lipinski definition) is 2. The Labute approximate surface area is 125 Å². The van der Waals surface area contributed by atoms with Crippen molar-refractivity contribution in [2.24, 2.45) is 5.92 Å². The zero-order valence-corrected chi connectivity index (χ0v) is 13.0. The van der Waals surface area contributed by atoms with Crippen LogP contribution in [0.2, 0.25) is 10.0 Å². The molecule has 2 nitrogen and oxygen atoms in total. The Kier molecular flexibility index (Phi) is 5.52. The third-order valence-corrected chi connectivity index (χ3v) is 4.60. The molecule has 0 saturated heterocycles. The second kappa shape index (κ2) is 6.94. The van der Waals surface area contributed by atoms with Crippen LogP contribution in [0.3, 0.4) is 0 Å². The maximum Gasteiger partial charge on any atom is 0.0595 e. The van der Waals surface area contributed by atoms with Gasteiger partial charge in [-0.3, -0.25) is 0 Å². The van der Waals surface area contributed by atoms with Crippen molar-refractivity contribution in [3.05, 3.63) is 33.8 Å². The average molecular weight is 302 g/mol. The lowest BCUT2D eigenvalue weighted by molar-refractivity contribution is -0.0289. The van der Waals surface area contributed by atoms with E-state index < -0.39 is 0 Å². The second-order valence-electron chi connectivity index (χ2n) is 5.17. The molecule has 1 unspecified atom stereocenters. The van der Waals surface area contributed by atoms with E-state index in [4.69, 9.17) is 27.9 Å². The monoisotopic (exact) mass is 301 g/mol. The lowest BCUT2D eigenvalue weighted by atomic mass is 9.77. The molecule has 2 rings (SSSR count). The van der Waals surface area contributed by atoms with Crippen molar-refractivity contribution in [2.75, 3.05) is 13.7 Å². The van der Waals surface area contributed by atoms with Crippen LogP contribution in [0.1, 0.15) is 37.8 Å². The molecule has 0 bridgehead atoms. The van der Waals surface area contributed by atoms with Gasteiger partial charge in [-0.2, -0.15) is 0 Å². The summed E-state index contributed by atoms with van der Waals surface area (Å²) in [5.41, 5.74) is 1.21. The van der Waals surface area contributed by atoms with E-state index in [1.807, 2.05) is 25.2 Å². The van der Waals surface area contributed by atoms with Gasteiger partial charge in [-0.25, -0.2) is 0 Å². The summed E-state index contributed by atoms with van der Waals surface area (Å²) in [4.78, 5) is 0. The maximum atomic E-state index is 6.08. The molecule has 106 valence electrons. The number of benzene rings is 1. The van der Waals surface area contributed by atoms with Crippen molar-refractivity contribution in [3.8, 4) is 0 Å². The van der Waals surface area contributed by atoms with Gasteiger partial charge in [0.05, 0.1) is 16.1 Å². The van der Waals surface area contributed by atoms with Crippen molar-refractivity contribution in [1.82, 2.24) is 5.32 Å². The number of ether oxygens (including phenoxy) is 1. The van der Waals surface area contributed by atoms with Gasteiger partial charge in [0.25, 0.3) is 0 Å². The second-order valence-corrected chi connectivity index (χ2v) is 5.98. The predicted molar refractivity (Wildman–Crippen MR) is 81.0 cm³/mol. The van der Waals surface area contributed by atoms with Crippen LogP contribution in [0, 0.1) is 5.92 Å². The third-order valence-electron chi connectivity index (χ3n) is 3.86. The largest absolute Gasteiger partial charge is 0.378 e. The van der Waals surface area contributed by atoms with Crippen LogP contribution in [-0.2, 0) is 4.74 Å². The molecular formula is C15H21Cl2NO. The SMILES string of the molecule is CCOC1CC(CC(NC)c2ccc(Cl)c(Cl)c2)C1. The molecule has 1 saturated carbocycles. The predicted octanol–water partition coefficient (Wildman–Crippen LogP) is 4.46. The highest BCUT2D eigenvalue weighted by atomic mass is 35.5. The van der Waals surface area contributed by atoms with Crippen molar-refractivity contribution in [2.45, 2.75) is 38.3 Å². The molecular weight excluding hydrogens is 281 g/mol. The van der Waals surface area contributed by atoms with Gasteiger partial charge in [-0.15, -0.1) is 0 Å². The molecule has 1 fully saturated rings. The summed E-state index contributed by atoms with van der Waals surface area (Å²) in [6, 6.07) is 6.22. The van der Waals surface area contributed by atoms with Crippen LogP contribution in [0.5, 0.6) is 0 Å². The molecule has 1 N–H and O–H groups in total. The number of halogens is 2. The van der Waals surface area contributed by atoms with Crippen molar-refractivity contribution >= 4 is 23.2 Å². The Morgan fingerprint density at radius 3 is 2.63 bits per heavy atom. The summed E-state index contributed by atoms with van der Waals surface area (Å²) in [5.74, 6) is 0.739. The molecule has 1 aromatic carbocycles. The quantitative estimate of drug-likeness (QED) is 0.837. The molecule has 0 spiro atoms. The lowest BCUT2D eigenvalue weighted by Crippen LogP contribution is -2.34. The topological polar surface area (TPSA) is 21.3 Å². The summed E-state index contributed by atoms with van der Waals surface area (Å²) >= 11 is 12.0. The molecule has 0 aliphatic heterocycles. The Balaban J connectivity index is 1.92. The Morgan fingerprint density at radius 2 is 2.05 bits per heavy atom. The van der Waals surface area contributed by atoms with Crippen LogP contribution in [0.4, 0.5) is 0 Å². The maximum absolute atomic E-state index is 6.08. The van der Waals surface area contributed by atoms with E-state index in [1.165, 1.54) is 18.4 Å². The lowest BCUT2D eigenvalue weighted by Gasteiger charge is -2.37. The van der Waals surface area contributed by atoms with Crippen LogP contribution in [0.15, 0.2) is 18.2 Å². The highest BCUT2D eigenvalue weighted by molar-refractivity contribution is 6.42. The van der Waals surface area contributed by atoms with E-state index in [9.17, 15) is 0 Å². The molecule has 0 heterocycles. The minimum Gasteiger partial charge on any atom is -0.378 e. The van der Waals surface area contributed by atoms with Gasteiger partial charge in [0, 0.05) is 12.6 Å². The van der Waals surface area contributed by atoms with Gasteiger partial charge < -0.3 is 10.1 Å². The molecule has 1 aliphatic rings. The molecule has 1 aliphatic carbocycles. The highest BCUT2D eigenvalue weighted by Crippen LogP contribution is 2.37. The third kappa shape index (κ3) is 3.85. The van der Waals surface area contributed by atoms with E-state index >= 15 is 0 Å². The number of nitrogens with one attached hydrogen (secondary N) is 1. The first-order valence-corrected chi connectivity index (χ1v) is 7.63. The minimum absolute atomic E-state index is 0.336. The van der Waals surface area contributed by atoms with Gasteiger partial charge in [-0.05, 0) is 56.8 Å². The Morgan fingerprint density at radius 1 is 1.32 bits per heavy atom. The molecule has 19 heavy (non-hydrogen) atoms. The Bertz CT molecular complexity index is 419. The first-order chi connectivity index (χ1) is 9.13. The summed E-state index contributed by atoms with van der Waals surface area (Å²) in [7, 11) is 1.99. The van der Waals surface area contributed by atoms with E-state index in [-0.39, 0.29) is 0 Å². The van der Waals surface area contributed by atoms with E-state index in [2.05, 4.69) is 12.2 Å².